The predicted molar refractivity (Wildman–Crippen MR) is 77.2 cm³/mol. The molecule has 0 aromatic carbocycles. The first-order valence-corrected chi connectivity index (χ1v) is 7.17. The molecule has 0 spiro atoms. The minimum absolute atomic E-state index is 0.208. The van der Waals surface area contributed by atoms with E-state index < -0.39 is 11.9 Å². The molecule has 112 valence electrons. The lowest BCUT2D eigenvalue weighted by molar-refractivity contribution is -0.135. The van der Waals surface area contributed by atoms with E-state index in [0.29, 0.717) is 6.42 Å². The molecule has 3 rings (SSSR count). The number of nitrogens with one attached hydrogen (secondary N) is 2. The number of anilines is 1. The number of imide groups is 1. The quantitative estimate of drug-likeness (QED) is 0.699. The Labute approximate surface area is 121 Å². The van der Waals surface area contributed by atoms with Gasteiger partial charge >= 0.3 is 0 Å². The van der Waals surface area contributed by atoms with Crippen molar-refractivity contribution in [3.8, 4) is 0 Å². The maximum absolute atomic E-state index is 12.3. The predicted octanol–water partition coefficient (Wildman–Crippen LogP) is -0.764. The van der Waals surface area contributed by atoms with Gasteiger partial charge in [0.1, 0.15) is 6.04 Å². The Hall–Kier alpha value is -2.15. The topological polar surface area (TPSA) is 83.4 Å². The van der Waals surface area contributed by atoms with Gasteiger partial charge in [-0.3, -0.25) is 19.7 Å². The van der Waals surface area contributed by atoms with Gasteiger partial charge in [0, 0.05) is 50.6 Å². The van der Waals surface area contributed by atoms with Gasteiger partial charge in [0.25, 0.3) is 5.56 Å². The largest absolute Gasteiger partial charge is 0.369 e. The summed E-state index contributed by atoms with van der Waals surface area (Å²) in [6.07, 6.45) is 2.29. The first kappa shape index (κ1) is 13.8. The van der Waals surface area contributed by atoms with Crippen LogP contribution in [0.25, 0.3) is 0 Å². The molecule has 0 radical (unpaired) electrons. The molecule has 2 aliphatic rings. The fourth-order valence-corrected chi connectivity index (χ4v) is 2.80. The molecule has 7 heteroatoms. The average molecular weight is 290 g/mol. The number of aromatic nitrogens is 1. The van der Waals surface area contributed by atoms with Gasteiger partial charge in [0.05, 0.1) is 0 Å². The maximum Gasteiger partial charge on any atom is 0.253 e. The zero-order valence-electron chi connectivity index (χ0n) is 11.7. The van der Waals surface area contributed by atoms with Crippen molar-refractivity contribution >= 4 is 17.5 Å². The van der Waals surface area contributed by atoms with Crippen LogP contribution < -0.4 is 21.1 Å². The molecule has 2 aliphatic heterocycles. The highest BCUT2D eigenvalue weighted by Crippen LogP contribution is 2.18. The van der Waals surface area contributed by atoms with Gasteiger partial charge in [-0.1, -0.05) is 0 Å². The second-order valence-corrected chi connectivity index (χ2v) is 5.33. The highest BCUT2D eigenvalue weighted by atomic mass is 16.2. The van der Waals surface area contributed by atoms with E-state index in [1.165, 1.54) is 4.57 Å². The monoisotopic (exact) mass is 290 g/mol. The molecule has 0 bridgehead atoms. The molecular weight excluding hydrogens is 272 g/mol. The van der Waals surface area contributed by atoms with Crippen LogP contribution in [0.15, 0.2) is 23.1 Å². The van der Waals surface area contributed by atoms with Crippen LogP contribution in [0.5, 0.6) is 0 Å². The molecule has 2 fully saturated rings. The van der Waals surface area contributed by atoms with E-state index in [9.17, 15) is 14.4 Å². The minimum Gasteiger partial charge on any atom is -0.369 e. The Morgan fingerprint density at radius 2 is 1.90 bits per heavy atom. The number of hydrogen-bond acceptors (Lipinski definition) is 5. The summed E-state index contributed by atoms with van der Waals surface area (Å²) in [5.41, 5.74) is 0.672. The normalized spacial score (nSPS) is 23.0. The lowest BCUT2D eigenvalue weighted by atomic mass is 10.1. The molecule has 2 saturated heterocycles. The maximum atomic E-state index is 12.3. The number of piperidine rings is 1. The number of carbonyl (C=O) groups excluding carboxylic acids is 2. The van der Waals surface area contributed by atoms with Crippen molar-refractivity contribution in [2.75, 3.05) is 31.1 Å². The first-order chi connectivity index (χ1) is 10.1. The van der Waals surface area contributed by atoms with Crippen molar-refractivity contribution in [2.45, 2.75) is 18.9 Å². The zero-order valence-corrected chi connectivity index (χ0v) is 11.7. The molecule has 2 N–H and O–H groups in total. The first-order valence-electron chi connectivity index (χ1n) is 7.17. The van der Waals surface area contributed by atoms with Gasteiger partial charge in [-0.2, -0.15) is 0 Å². The lowest BCUT2D eigenvalue weighted by Crippen LogP contribution is -2.45. The molecule has 1 aromatic rings. The molecule has 0 aliphatic carbocycles. The number of pyridine rings is 1. The summed E-state index contributed by atoms with van der Waals surface area (Å²) >= 11 is 0. The molecule has 2 amide bonds. The van der Waals surface area contributed by atoms with Crippen molar-refractivity contribution < 1.29 is 9.59 Å². The summed E-state index contributed by atoms with van der Waals surface area (Å²) in [5, 5.41) is 5.54. The summed E-state index contributed by atoms with van der Waals surface area (Å²) in [6.45, 7) is 3.52. The molecule has 0 saturated carbocycles. The van der Waals surface area contributed by atoms with Crippen LogP contribution in [0.1, 0.15) is 18.9 Å². The molecule has 1 atom stereocenters. The van der Waals surface area contributed by atoms with E-state index >= 15 is 0 Å². The van der Waals surface area contributed by atoms with Crippen LogP contribution in [0.4, 0.5) is 5.69 Å². The van der Waals surface area contributed by atoms with E-state index in [4.69, 9.17) is 0 Å². The van der Waals surface area contributed by atoms with Gasteiger partial charge in [-0.05, 0) is 12.5 Å². The van der Waals surface area contributed by atoms with E-state index in [0.717, 1.165) is 31.9 Å². The second-order valence-electron chi connectivity index (χ2n) is 5.33. The average Bonchev–Trinajstić information content (AvgIpc) is 2.49. The Balaban J connectivity index is 1.82. The number of amides is 2. The number of hydrogen-bond donors (Lipinski definition) is 2. The fraction of sp³-hybridized carbons (Fsp3) is 0.500. The Kier molecular flexibility index (Phi) is 3.74. The number of nitrogens with zero attached hydrogens (tertiary/aromatic N) is 2. The number of rotatable bonds is 2. The van der Waals surface area contributed by atoms with Gasteiger partial charge in [0.15, 0.2) is 0 Å². The molecule has 7 nitrogen and oxygen atoms in total. The summed E-state index contributed by atoms with van der Waals surface area (Å²) in [7, 11) is 0. The molecule has 21 heavy (non-hydrogen) atoms. The van der Waals surface area contributed by atoms with Crippen molar-refractivity contribution in [1.82, 2.24) is 15.2 Å². The molecule has 1 aromatic heterocycles. The summed E-state index contributed by atoms with van der Waals surface area (Å²) in [4.78, 5) is 37.4. The molecule has 1 unspecified atom stereocenters. The summed E-state index contributed by atoms with van der Waals surface area (Å²) < 4.78 is 1.41. The highest BCUT2D eigenvalue weighted by Gasteiger charge is 2.28. The van der Waals surface area contributed by atoms with Gasteiger partial charge < -0.3 is 14.8 Å². The van der Waals surface area contributed by atoms with Gasteiger partial charge in [0.2, 0.25) is 11.8 Å². The Morgan fingerprint density at radius 3 is 2.57 bits per heavy atom. The van der Waals surface area contributed by atoms with E-state index in [2.05, 4.69) is 15.5 Å². The van der Waals surface area contributed by atoms with Gasteiger partial charge in [-0.15, -0.1) is 0 Å². The van der Waals surface area contributed by atoms with Crippen LogP contribution in [0, 0.1) is 0 Å². The third-order valence-corrected chi connectivity index (χ3v) is 3.96. The van der Waals surface area contributed by atoms with Crippen LogP contribution in [-0.4, -0.2) is 42.6 Å². The zero-order chi connectivity index (χ0) is 14.8. The number of carbonyl (C=O) groups is 2. The third-order valence-electron chi connectivity index (χ3n) is 3.96. The SMILES string of the molecule is O=C1CCC(n2ccc(N3CCNCC3)cc2=O)C(=O)N1. The van der Waals surface area contributed by atoms with E-state index in [-0.39, 0.29) is 17.9 Å². The Bertz CT molecular complexity index is 619. The summed E-state index contributed by atoms with van der Waals surface area (Å²) in [5.74, 6) is -0.676. The number of piperazine rings is 1. The van der Waals surface area contributed by atoms with E-state index in [1.807, 2.05) is 6.07 Å². The second kappa shape index (κ2) is 5.69. The van der Waals surface area contributed by atoms with Crippen LogP contribution in [0.2, 0.25) is 0 Å². The van der Waals surface area contributed by atoms with E-state index in [1.54, 1.807) is 12.3 Å². The summed E-state index contributed by atoms with van der Waals surface area (Å²) in [6, 6.07) is 2.83. The van der Waals surface area contributed by atoms with Crippen molar-refractivity contribution in [3.05, 3.63) is 28.7 Å². The lowest BCUT2D eigenvalue weighted by Gasteiger charge is -2.30. The van der Waals surface area contributed by atoms with Crippen LogP contribution in [-0.2, 0) is 9.59 Å². The molecular formula is C14H18N4O3. The van der Waals surface area contributed by atoms with Crippen molar-refractivity contribution in [3.63, 3.8) is 0 Å². The Morgan fingerprint density at radius 1 is 1.14 bits per heavy atom. The fourth-order valence-electron chi connectivity index (χ4n) is 2.80. The molecule has 3 heterocycles. The highest BCUT2D eigenvalue weighted by molar-refractivity contribution is 5.99. The van der Waals surface area contributed by atoms with Crippen molar-refractivity contribution in [1.29, 1.82) is 0 Å². The standard InChI is InChI=1S/C14H18N4O3/c19-12-2-1-11(14(21)16-12)18-6-3-10(9-13(18)20)17-7-4-15-5-8-17/h3,6,9,11,15H,1-2,4-5,7-8H2,(H,16,19,21). The van der Waals surface area contributed by atoms with Crippen LogP contribution in [0.3, 0.4) is 0 Å². The minimum atomic E-state index is -0.590. The van der Waals surface area contributed by atoms with Crippen LogP contribution >= 0.6 is 0 Å². The van der Waals surface area contributed by atoms with Gasteiger partial charge in [-0.25, -0.2) is 0 Å². The third kappa shape index (κ3) is 2.82. The smallest absolute Gasteiger partial charge is 0.253 e. The van der Waals surface area contributed by atoms with Crippen molar-refractivity contribution in [2.24, 2.45) is 0 Å².